The topological polar surface area (TPSA) is 33.1 Å². The smallest absolute Gasteiger partial charge is 0.417 e. The SMILES string of the molecule is Oc1c(C(CCc2ccc(C(F)(F)F)cn2)c2ccc(Cl)cc2Cl)ccc2c1CC=CC=C2. The summed E-state index contributed by atoms with van der Waals surface area (Å²) in [6.07, 6.45) is 5.66. The number of pyridine rings is 1. The zero-order valence-corrected chi connectivity index (χ0v) is 18.9. The molecule has 2 aromatic carbocycles. The number of allylic oxidation sites excluding steroid dienone is 3. The highest BCUT2D eigenvalue weighted by Gasteiger charge is 2.30. The molecule has 0 bridgehead atoms. The van der Waals surface area contributed by atoms with Gasteiger partial charge in [-0.3, -0.25) is 4.98 Å². The van der Waals surface area contributed by atoms with Crippen LogP contribution in [0.2, 0.25) is 10.0 Å². The minimum atomic E-state index is -4.43. The van der Waals surface area contributed by atoms with Crippen molar-refractivity contribution in [1.82, 2.24) is 4.98 Å². The quantitative estimate of drug-likeness (QED) is 0.393. The van der Waals surface area contributed by atoms with E-state index in [-0.39, 0.29) is 11.7 Å². The van der Waals surface area contributed by atoms with E-state index in [4.69, 9.17) is 23.2 Å². The number of hydrogen-bond donors (Lipinski definition) is 1. The van der Waals surface area contributed by atoms with E-state index in [1.54, 1.807) is 12.1 Å². The molecule has 1 aliphatic carbocycles. The molecule has 2 nitrogen and oxygen atoms in total. The molecular formula is C26H20Cl2F3NO. The van der Waals surface area contributed by atoms with Gasteiger partial charge in [0.2, 0.25) is 0 Å². The Morgan fingerprint density at radius 1 is 1.00 bits per heavy atom. The third-order valence-electron chi connectivity index (χ3n) is 5.75. The first kappa shape index (κ1) is 23.4. The molecule has 1 aromatic heterocycles. The summed E-state index contributed by atoms with van der Waals surface area (Å²) in [4.78, 5) is 3.99. The van der Waals surface area contributed by atoms with Crippen LogP contribution >= 0.6 is 23.2 Å². The maximum atomic E-state index is 12.9. The van der Waals surface area contributed by atoms with E-state index in [1.807, 2.05) is 42.5 Å². The summed E-state index contributed by atoms with van der Waals surface area (Å²) in [6.45, 7) is 0. The van der Waals surface area contributed by atoms with Crippen molar-refractivity contribution in [1.29, 1.82) is 0 Å². The number of nitrogens with zero attached hydrogens (tertiary/aromatic N) is 1. The van der Waals surface area contributed by atoms with Crippen LogP contribution in [-0.2, 0) is 19.0 Å². The molecule has 0 amide bonds. The third kappa shape index (κ3) is 5.26. The number of alkyl halides is 3. The van der Waals surface area contributed by atoms with E-state index in [0.717, 1.165) is 29.0 Å². The van der Waals surface area contributed by atoms with Gasteiger partial charge in [0, 0.05) is 39.0 Å². The first-order chi connectivity index (χ1) is 15.7. The zero-order chi connectivity index (χ0) is 23.6. The molecule has 170 valence electrons. The van der Waals surface area contributed by atoms with E-state index < -0.39 is 11.7 Å². The fraction of sp³-hybridized carbons (Fsp3) is 0.192. The molecular weight excluding hydrogens is 470 g/mol. The lowest BCUT2D eigenvalue weighted by Crippen LogP contribution is -2.08. The Kier molecular flexibility index (Phi) is 6.82. The Labute approximate surface area is 200 Å². The summed E-state index contributed by atoms with van der Waals surface area (Å²) in [5.41, 5.74) is 2.98. The monoisotopic (exact) mass is 489 g/mol. The number of aryl methyl sites for hydroxylation is 1. The van der Waals surface area contributed by atoms with Crippen LogP contribution in [0.15, 0.2) is 66.9 Å². The van der Waals surface area contributed by atoms with Gasteiger partial charge >= 0.3 is 6.18 Å². The number of rotatable bonds is 5. The largest absolute Gasteiger partial charge is 0.507 e. The molecule has 1 N–H and O–H groups in total. The predicted molar refractivity (Wildman–Crippen MR) is 126 cm³/mol. The molecule has 7 heteroatoms. The lowest BCUT2D eigenvalue weighted by molar-refractivity contribution is -0.137. The number of halogens is 5. The molecule has 1 heterocycles. The molecule has 4 rings (SSSR count). The van der Waals surface area contributed by atoms with Gasteiger partial charge in [0.1, 0.15) is 5.75 Å². The van der Waals surface area contributed by atoms with Gasteiger partial charge in [0.05, 0.1) is 5.56 Å². The van der Waals surface area contributed by atoms with Crippen LogP contribution in [0.1, 0.15) is 45.8 Å². The fourth-order valence-electron chi connectivity index (χ4n) is 4.04. The normalized spacial score (nSPS) is 14.1. The van der Waals surface area contributed by atoms with Crippen LogP contribution < -0.4 is 0 Å². The van der Waals surface area contributed by atoms with E-state index in [1.165, 1.54) is 6.07 Å². The molecule has 0 fully saturated rings. The Hall–Kier alpha value is -2.76. The summed E-state index contributed by atoms with van der Waals surface area (Å²) in [6, 6.07) is 11.5. The Morgan fingerprint density at radius 2 is 1.79 bits per heavy atom. The van der Waals surface area contributed by atoms with Gasteiger partial charge in [0.25, 0.3) is 0 Å². The fourth-order valence-corrected chi connectivity index (χ4v) is 4.58. The molecule has 1 atom stereocenters. The van der Waals surface area contributed by atoms with Crippen molar-refractivity contribution in [2.75, 3.05) is 0 Å². The number of phenols is 1. The number of fused-ring (bicyclic) bond motifs is 1. The minimum Gasteiger partial charge on any atom is -0.507 e. The average Bonchev–Trinajstić information content (AvgIpc) is 3.02. The summed E-state index contributed by atoms with van der Waals surface area (Å²) in [7, 11) is 0. The summed E-state index contributed by atoms with van der Waals surface area (Å²) in [5.74, 6) is -0.111. The van der Waals surface area contributed by atoms with Crippen molar-refractivity contribution in [3.8, 4) is 5.75 Å². The molecule has 0 aliphatic heterocycles. The predicted octanol–water partition coefficient (Wildman–Crippen LogP) is 8.00. The maximum Gasteiger partial charge on any atom is 0.417 e. The van der Waals surface area contributed by atoms with Crippen molar-refractivity contribution in [3.05, 3.63) is 110 Å². The summed E-state index contributed by atoms with van der Waals surface area (Å²) in [5, 5.41) is 12.1. The van der Waals surface area contributed by atoms with E-state index in [0.29, 0.717) is 40.6 Å². The Balaban J connectivity index is 1.70. The second-order valence-corrected chi connectivity index (χ2v) is 8.70. The number of benzene rings is 2. The van der Waals surface area contributed by atoms with Crippen LogP contribution in [0, 0.1) is 0 Å². The molecule has 3 aromatic rings. The highest BCUT2D eigenvalue weighted by atomic mass is 35.5. The lowest BCUT2D eigenvalue weighted by atomic mass is 9.84. The van der Waals surface area contributed by atoms with E-state index >= 15 is 0 Å². The number of hydrogen-bond acceptors (Lipinski definition) is 2. The van der Waals surface area contributed by atoms with E-state index in [2.05, 4.69) is 4.98 Å². The zero-order valence-electron chi connectivity index (χ0n) is 17.4. The molecule has 33 heavy (non-hydrogen) atoms. The molecule has 0 radical (unpaired) electrons. The first-order valence-corrected chi connectivity index (χ1v) is 11.1. The van der Waals surface area contributed by atoms with Gasteiger partial charge in [-0.1, -0.05) is 65.7 Å². The van der Waals surface area contributed by atoms with Crippen molar-refractivity contribution < 1.29 is 18.3 Å². The minimum absolute atomic E-state index is 0.195. The third-order valence-corrected chi connectivity index (χ3v) is 6.31. The van der Waals surface area contributed by atoms with Gasteiger partial charge in [-0.25, -0.2) is 0 Å². The van der Waals surface area contributed by atoms with Crippen LogP contribution in [0.3, 0.4) is 0 Å². The summed E-state index contributed by atoms with van der Waals surface area (Å²) >= 11 is 12.6. The summed E-state index contributed by atoms with van der Waals surface area (Å²) < 4.78 is 38.6. The highest BCUT2D eigenvalue weighted by molar-refractivity contribution is 6.35. The lowest BCUT2D eigenvalue weighted by Gasteiger charge is -2.22. The van der Waals surface area contributed by atoms with Gasteiger partial charge in [-0.05, 0) is 54.7 Å². The highest BCUT2D eigenvalue weighted by Crippen LogP contribution is 2.41. The van der Waals surface area contributed by atoms with Gasteiger partial charge in [0.15, 0.2) is 0 Å². The van der Waals surface area contributed by atoms with Gasteiger partial charge < -0.3 is 5.11 Å². The molecule has 0 spiro atoms. The van der Waals surface area contributed by atoms with Gasteiger partial charge in [-0.15, -0.1) is 0 Å². The van der Waals surface area contributed by atoms with Crippen molar-refractivity contribution in [2.24, 2.45) is 0 Å². The average molecular weight is 490 g/mol. The Bertz CT molecular complexity index is 1220. The van der Waals surface area contributed by atoms with Gasteiger partial charge in [-0.2, -0.15) is 13.2 Å². The maximum absolute atomic E-state index is 12.9. The Morgan fingerprint density at radius 3 is 2.48 bits per heavy atom. The molecule has 0 saturated carbocycles. The van der Waals surface area contributed by atoms with Crippen LogP contribution in [0.25, 0.3) is 6.08 Å². The number of aromatic nitrogens is 1. The molecule has 1 aliphatic rings. The second kappa shape index (κ2) is 9.62. The first-order valence-electron chi connectivity index (χ1n) is 10.4. The standard InChI is InChI=1S/C26H20Cl2F3NO/c27-18-8-12-22(24(28)14-18)21(13-10-19-9-7-17(15-32-19)26(29,30)31)23-11-6-16-4-2-1-3-5-20(16)25(23)33/h1-4,6-9,11-12,14-15,21,33H,5,10,13H2. The van der Waals surface area contributed by atoms with Crippen molar-refractivity contribution in [2.45, 2.75) is 31.4 Å². The number of phenolic OH excluding ortho intramolecular Hbond substituents is 1. The van der Waals surface area contributed by atoms with Crippen LogP contribution in [0.4, 0.5) is 13.2 Å². The van der Waals surface area contributed by atoms with Crippen LogP contribution in [0.5, 0.6) is 5.75 Å². The van der Waals surface area contributed by atoms with Crippen LogP contribution in [-0.4, -0.2) is 10.1 Å². The van der Waals surface area contributed by atoms with E-state index in [9.17, 15) is 18.3 Å². The molecule has 1 unspecified atom stereocenters. The van der Waals surface area contributed by atoms with Crippen molar-refractivity contribution in [3.63, 3.8) is 0 Å². The van der Waals surface area contributed by atoms with Crippen molar-refractivity contribution >= 4 is 29.3 Å². The molecule has 0 saturated heterocycles. The number of aromatic hydroxyl groups is 1. The second-order valence-electron chi connectivity index (χ2n) is 7.86.